The zero-order valence-corrected chi connectivity index (χ0v) is 41.0. The minimum atomic E-state index is -5.12. The lowest BCUT2D eigenvalue weighted by Crippen LogP contribution is -2.64. The molecule has 1 rings (SSSR count). The second-order valence-electron chi connectivity index (χ2n) is 18.0. The minimum absolute atomic E-state index is 0.0907. The van der Waals surface area contributed by atoms with Gasteiger partial charge in [0.25, 0.3) is 0 Å². The molecule has 0 heterocycles. The Hall–Kier alpha value is -1.67. The summed E-state index contributed by atoms with van der Waals surface area (Å²) in [5.74, 6) is -1.10. The van der Waals surface area contributed by atoms with Gasteiger partial charge in [-0.15, -0.1) is 0 Å². The van der Waals surface area contributed by atoms with Crippen LogP contribution >= 0.6 is 7.82 Å². The summed E-state index contributed by atoms with van der Waals surface area (Å²) in [5, 5.41) is 50.2. The number of aliphatic hydroxyl groups excluding tert-OH is 5. The average molecular weight is 933 g/mol. The molecular weight excluding hydrogens is 840 g/mol. The van der Waals surface area contributed by atoms with Crippen molar-refractivity contribution < 1.29 is 63.1 Å². The number of allylic oxidation sites excluding steroid dienone is 4. The highest BCUT2D eigenvalue weighted by molar-refractivity contribution is 7.47. The molecule has 13 nitrogen and oxygen atoms in total. The molecule has 6 unspecified atom stereocenters. The minimum Gasteiger partial charge on any atom is -0.462 e. The van der Waals surface area contributed by atoms with E-state index in [-0.39, 0.29) is 12.8 Å². The zero-order valence-electron chi connectivity index (χ0n) is 40.1. The predicted octanol–water partition coefficient (Wildman–Crippen LogP) is 10.8. The highest BCUT2D eigenvalue weighted by atomic mass is 31.2. The summed E-state index contributed by atoms with van der Waals surface area (Å²) in [7, 11) is -5.12. The number of phosphoric acid groups is 1. The van der Waals surface area contributed by atoms with Crippen molar-refractivity contribution in [2.45, 2.75) is 268 Å². The van der Waals surface area contributed by atoms with E-state index in [2.05, 4.69) is 38.2 Å². The highest BCUT2D eigenvalue weighted by Crippen LogP contribution is 2.47. The van der Waals surface area contributed by atoms with E-state index in [0.717, 1.165) is 77.0 Å². The van der Waals surface area contributed by atoms with E-state index in [0.29, 0.717) is 12.8 Å². The van der Waals surface area contributed by atoms with Crippen LogP contribution < -0.4 is 0 Å². The lowest BCUT2D eigenvalue weighted by Gasteiger charge is -2.41. The number of hydrogen-bond donors (Lipinski definition) is 6. The number of rotatable bonds is 43. The molecule has 0 aliphatic heterocycles. The van der Waals surface area contributed by atoms with Crippen molar-refractivity contribution in [3.63, 3.8) is 0 Å². The SMILES string of the molecule is CCCCC/C=C\C/C=C\CCCCCCCCCC(=O)O[C@H](COC(=O)CCCCCCCCCCCCCCCCCCCC)COP(=O)(O)OC1C(O)C(O)C(O)[C@@H](O)C1O. The first-order chi connectivity index (χ1) is 30.9. The summed E-state index contributed by atoms with van der Waals surface area (Å²) in [4.78, 5) is 35.8. The molecule has 64 heavy (non-hydrogen) atoms. The summed E-state index contributed by atoms with van der Waals surface area (Å²) >= 11 is 0. The van der Waals surface area contributed by atoms with Crippen molar-refractivity contribution in [1.82, 2.24) is 0 Å². The molecule has 1 aliphatic carbocycles. The highest BCUT2D eigenvalue weighted by Gasteiger charge is 2.51. The lowest BCUT2D eigenvalue weighted by atomic mass is 9.85. The molecule has 0 bridgehead atoms. The Balaban J connectivity index is 2.40. The van der Waals surface area contributed by atoms with Crippen molar-refractivity contribution in [2.75, 3.05) is 13.2 Å². The Kier molecular flexibility index (Phi) is 38.1. The molecule has 0 aromatic heterocycles. The molecule has 1 fully saturated rings. The lowest BCUT2D eigenvalue weighted by molar-refractivity contribution is -0.220. The van der Waals surface area contributed by atoms with Gasteiger partial charge >= 0.3 is 19.8 Å². The Bertz CT molecular complexity index is 1220. The number of phosphoric ester groups is 1. The third-order valence-electron chi connectivity index (χ3n) is 12.0. The normalized spacial score (nSPS) is 21.7. The van der Waals surface area contributed by atoms with Gasteiger partial charge < -0.3 is 39.9 Å². The maximum atomic E-state index is 12.8. The second kappa shape index (κ2) is 40.4. The number of carbonyl (C=O) groups excluding carboxylic acids is 2. The van der Waals surface area contributed by atoms with E-state index in [1.807, 2.05) is 0 Å². The topological polar surface area (TPSA) is 210 Å². The molecule has 0 spiro atoms. The van der Waals surface area contributed by atoms with Crippen LogP contribution in [0.1, 0.15) is 226 Å². The van der Waals surface area contributed by atoms with Crippen molar-refractivity contribution in [2.24, 2.45) is 0 Å². The number of carbonyl (C=O) groups is 2. The zero-order chi connectivity index (χ0) is 47.1. The van der Waals surface area contributed by atoms with Gasteiger partial charge in [0.15, 0.2) is 6.10 Å². The van der Waals surface area contributed by atoms with Gasteiger partial charge in [-0.25, -0.2) is 4.57 Å². The first kappa shape index (κ1) is 60.3. The fourth-order valence-corrected chi connectivity index (χ4v) is 8.88. The molecule has 0 aromatic rings. The Morgan fingerprint density at radius 3 is 1.30 bits per heavy atom. The van der Waals surface area contributed by atoms with Crippen LogP contribution in [-0.4, -0.2) is 98.3 Å². The van der Waals surface area contributed by atoms with Gasteiger partial charge in [0.05, 0.1) is 6.61 Å². The molecule has 6 N–H and O–H groups in total. The summed E-state index contributed by atoms with van der Waals surface area (Å²) < 4.78 is 33.6. The van der Waals surface area contributed by atoms with Gasteiger partial charge in [0.2, 0.25) is 0 Å². The van der Waals surface area contributed by atoms with Gasteiger partial charge in [-0.2, -0.15) is 0 Å². The monoisotopic (exact) mass is 933 g/mol. The number of ether oxygens (including phenoxy) is 2. The van der Waals surface area contributed by atoms with Gasteiger partial charge in [-0.05, 0) is 44.9 Å². The number of hydrogen-bond acceptors (Lipinski definition) is 12. The first-order valence-corrected chi connectivity index (χ1v) is 27.1. The van der Waals surface area contributed by atoms with Crippen LogP contribution in [-0.2, 0) is 32.7 Å². The average Bonchev–Trinajstić information content (AvgIpc) is 3.28. The van der Waals surface area contributed by atoms with Gasteiger partial charge in [0, 0.05) is 12.8 Å². The van der Waals surface area contributed by atoms with Crippen LogP contribution in [0.25, 0.3) is 0 Å². The summed E-state index contributed by atoms with van der Waals surface area (Å²) in [6.45, 7) is 3.30. The molecule has 0 radical (unpaired) electrons. The number of unbranched alkanes of at least 4 members (excludes halogenated alkanes) is 27. The molecule has 1 aliphatic rings. The third-order valence-corrected chi connectivity index (χ3v) is 13.0. The molecule has 0 amide bonds. The maximum Gasteiger partial charge on any atom is 0.472 e. The fourth-order valence-electron chi connectivity index (χ4n) is 7.91. The predicted molar refractivity (Wildman–Crippen MR) is 254 cm³/mol. The first-order valence-electron chi connectivity index (χ1n) is 25.6. The number of aliphatic hydroxyl groups is 5. The van der Waals surface area contributed by atoms with Crippen molar-refractivity contribution in [3.05, 3.63) is 24.3 Å². The molecule has 14 heteroatoms. The number of esters is 2. The van der Waals surface area contributed by atoms with E-state index in [4.69, 9.17) is 18.5 Å². The van der Waals surface area contributed by atoms with Crippen molar-refractivity contribution in [3.8, 4) is 0 Å². The van der Waals surface area contributed by atoms with E-state index >= 15 is 0 Å². The largest absolute Gasteiger partial charge is 0.472 e. The second-order valence-corrected chi connectivity index (χ2v) is 19.4. The van der Waals surface area contributed by atoms with Crippen LogP contribution in [0, 0.1) is 0 Å². The maximum absolute atomic E-state index is 12.8. The third kappa shape index (κ3) is 32.1. The van der Waals surface area contributed by atoms with E-state index in [9.17, 15) is 44.6 Å². The summed E-state index contributed by atoms with van der Waals surface area (Å²) in [6, 6.07) is 0. The Morgan fingerprint density at radius 1 is 0.484 bits per heavy atom. The standard InChI is InChI=1S/C50H93O13P/c1-3-5-7-9-11-13-15-17-19-21-23-24-26-28-30-32-34-36-38-43(51)60-40-42(41-61-64(58,59)63-50-48(56)46(54)45(53)47(55)49(50)57)62-44(52)39-37-35-33-31-29-27-25-22-20-18-16-14-12-10-8-6-4-2/h12,14,18,20,42,45-50,53-57H,3-11,13,15-17,19,21-41H2,1-2H3,(H,58,59)/b14-12-,20-18-/t42-,45?,46-,47?,48?,49?,50?/m1/s1. The smallest absolute Gasteiger partial charge is 0.462 e. The molecule has 0 aromatic carbocycles. The van der Waals surface area contributed by atoms with Crippen LogP contribution in [0.15, 0.2) is 24.3 Å². The van der Waals surface area contributed by atoms with Crippen LogP contribution in [0.2, 0.25) is 0 Å². The Morgan fingerprint density at radius 2 is 0.844 bits per heavy atom. The fraction of sp³-hybridized carbons (Fsp3) is 0.880. The summed E-state index contributed by atoms with van der Waals surface area (Å²) in [5.41, 5.74) is 0. The van der Waals surface area contributed by atoms with Crippen LogP contribution in [0.3, 0.4) is 0 Å². The van der Waals surface area contributed by atoms with Crippen molar-refractivity contribution >= 4 is 19.8 Å². The molecular formula is C50H93O13P. The van der Waals surface area contributed by atoms with Gasteiger partial charge in [-0.1, -0.05) is 192 Å². The van der Waals surface area contributed by atoms with E-state index in [1.165, 1.54) is 109 Å². The molecule has 8 atom stereocenters. The Labute approximate surface area is 387 Å². The molecule has 1 saturated carbocycles. The van der Waals surface area contributed by atoms with Crippen LogP contribution in [0.4, 0.5) is 0 Å². The van der Waals surface area contributed by atoms with Gasteiger partial charge in [0.1, 0.15) is 43.2 Å². The van der Waals surface area contributed by atoms with E-state index in [1.54, 1.807) is 0 Å². The van der Waals surface area contributed by atoms with Crippen LogP contribution in [0.5, 0.6) is 0 Å². The van der Waals surface area contributed by atoms with E-state index < -0.39 is 75.7 Å². The summed E-state index contributed by atoms with van der Waals surface area (Å²) in [6.07, 6.45) is 32.2. The quantitative estimate of drug-likeness (QED) is 0.0146. The molecule has 0 saturated heterocycles. The molecule has 376 valence electrons. The van der Waals surface area contributed by atoms with Crippen molar-refractivity contribution in [1.29, 1.82) is 0 Å². The van der Waals surface area contributed by atoms with Gasteiger partial charge in [-0.3, -0.25) is 18.6 Å².